The van der Waals surface area contributed by atoms with Gasteiger partial charge in [-0.2, -0.15) is 0 Å². The van der Waals surface area contributed by atoms with E-state index in [1.54, 1.807) is 13.2 Å². The van der Waals surface area contributed by atoms with Gasteiger partial charge in [-0.05, 0) is 25.5 Å². The van der Waals surface area contributed by atoms with Crippen LogP contribution in [-0.4, -0.2) is 81.3 Å². The highest BCUT2D eigenvalue weighted by Gasteiger charge is 2.48. The highest BCUT2D eigenvalue weighted by Crippen LogP contribution is 2.30. The number of thioether (sulfide) groups is 1. The number of nitrogens with one attached hydrogen (secondary N) is 1. The minimum atomic E-state index is -1.35. The number of aliphatic hydroxyl groups excluding tert-OH is 3. The number of amides is 1. The van der Waals surface area contributed by atoms with Crippen LogP contribution in [0, 0.1) is 5.92 Å². The highest BCUT2D eigenvalue weighted by atomic mass is 35.5. The topological polar surface area (TPSA) is 116 Å². The minimum absolute atomic E-state index is 0.127. The van der Waals surface area contributed by atoms with E-state index < -0.39 is 41.3 Å². The molecule has 9 heteroatoms. The Labute approximate surface area is 164 Å². The van der Waals surface area contributed by atoms with Crippen LogP contribution in [0.4, 0.5) is 0 Å². The fourth-order valence-electron chi connectivity index (χ4n) is 3.79. The fraction of sp³-hybridized carbons (Fsp3) is 0.941. The maximum absolute atomic E-state index is 12.8. The summed E-state index contributed by atoms with van der Waals surface area (Å²) < 4.78 is 5.78. The number of aliphatic hydroxyl groups is 3. The van der Waals surface area contributed by atoms with Crippen LogP contribution in [0.25, 0.3) is 0 Å². The summed E-state index contributed by atoms with van der Waals surface area (Å²) in [4.78, 5) is 12.8. The largest absolute Gasteiger partial charge is 0.388 e. The Hall–Kier alpha value is -0.0900. The summed E-state index contributed by atoms with van der Waals surface area (Å²) in [7, 11) is 0. The highest BCUT2D eigenvalue weighted by molar-refractivity contribution is 7.99. The van der Waals surface area contributed by atoms with Gasteiger partial charge in [0.25, 0.3) is 5.91 Å². The third-order valence-electron chi connectivity index (χ3n) is 5.52. The normalized spacial score (nSPS) is 40.7. The van der Waals surface area contributed by atoms with Crippen LogP contribution < -0.4 is 10.6 Å². The molecular formula is C17H32ClN2O5S+. The molecule has 2 saturated heterocycles. The van der Waals surface area contributed by atoms with Crippen LogP contribution >= 0.6 is 23.4 Å². The zero-order chi connectivity index (χ0) is 19.4. The van der Waals surface area contributed by atoms with Crippen molar-refractivity contribution in [1.82, 2.24) is 5.32 Å². The minimum Gasteiger partial charge on any atom is -0.388 e. The van der Waals surface area contributed by atoms with Crippen LogP contribution in [0.2, 0.25) is 0 Å². The van der Waals surface area contributed by atoms with E-state index in [0.717, 1.165) is 25.8 Å². The first kappa shape index (κ1) is 22.2. The van der Waals surface area contributed by atoms with Crippen LogP contribution in [0.15, 0.2) is 0 Å². The number of carbonyl (C=O) groups is 1. The van der Waals surface area contributed by atoms with E-state index in [4.69, 9.17) is 16.3 Å². The van der Waals surface area contributed by atoms with E-state index >= 15 is 0 Å². The number of piperidine rings is 1. The number of quaternary nitrogens is 1. The SMILES string of the molecule is CCC1CC[NH2+]C(C(=O)NC(C(C)Cl)C2OC(SC)C(O)C(O)C2O)C1. The van der Waals surface area contributed by atoms with Gasteiger partial charge in [0.15, 0.2) is 6.04 Å². The molecule has 2 fully saturated rings. The molecule has 2 aliphatic heterocycles. The standard InChI is InChI=1S/C17H31ClN2O5S/c1-4-9-5-6-19-10(7-9)16(24)20-11(8(2)18)15-13(22)12(21)14(23)17(25-15)26-3/h8-15,17,19,21-23H,4-7H2,1-3H3,(H,20,24)/p+1. The van der Waals surface area contributed by atoms with Crippen molar-refractivity contribution in [1.29, 1.82) is 0 Å². The zero-order valence-electron chi connectivity index (χ0n) is 15.5. The predicted molar refractivity (Wildman–Crippen MR) is 101 cm³/mol. The molecule has 0 bridgehead atoms. The first-order valence-electron chi connectivity index (χ1n) is 9.30. The molecule has 2 rings (SSSR count). The Balaban J connectivity index is 2.09. The second-order valence-electron chi connectivity index (χ2n) is 7.32. The van der Waals surface area contributed by atoms with Gasteiger partial charge in [0.2, 0.25) is 0 Å². The van der Waals surface area contributed by atoms with Crippen molar-refractivity contribution in [2.24, 2.45) is 5.92 Å². The van der Waals surface area contributed by atoms with Gasteiger partial charge < -0.3 is 30.7 Å². The fourth-order valence-corrected chi connectivity index (χ4v) is 4.67. The molecule has 0 aliphatic carbocycles. The van der Waals surface area contributed by atoms with Crippen LogP contribution in [0.5, 0.6) is 0 Å². The van der Waals surface area contributed by atoms with Crippen molar-refractivity contribution in [3.63, 3.8) is 0 Å². The molecule has 0 aromatic rings. The molecule has 7 nitrogen and oxygen atoms in total. The van der Waals surface area contributed by atoms with Gasteiger partial charge in [-0.15, -0.1) is 23.4 Å². The number of carbonyl (C=O) groups excluding carboxylic acids is 1. The summed E-state index contributed by atoms with van der Waals surface area (Å²) in [5.74, 6) is 0.412. The lowest BCUT2D eigenvalue weighted by Crippen LogP contribution is -2.94. The van der Waals surface area contributed by atoms with E-state index in [1.807, 2.05) is 5.32 Å². The molecular weight excluding hydrogens is 380 g/mol. The molecule has 9 unspecified atom stereocenters. The first-order chi connectivity index (χ1) is 12.3. The summed E-state index contributed by atoms with van der Waals surface area (Å²) in [5.41, 5.74) is -0.695. The summed E-state index contributed by atoms with van der Waals surface area (Å²) in [5, 5.41) is 35.0. The lowest BCUT2D eigenvalue weighted by molar-refractivity contribution is -0.687. The van der Waals surface area contributed by atoms with Gasteiger partial charge in [0.05, 0.1) is 18.0 Å². The molecule has 26 heavy (non-hydrogen) atoms. The van der Waals surface area contributed by atoms with E-state index in [2.05, 4.69) is 12.2 Å². The van der Waals surface area contributed by atoms with Gasteiger partial charge >= 0.3 is 0 Å². The van der Waals surface area contributed by atoms with Gasteiger partial charge in [-0.1, -0.05) is 13.3 Å². The van der Waals surface area contributed by atoms with Gasteiger partial charge in [-0.25, -0.2) is 0 Å². The zero-order valence-corrected chi connectivity index (χ0v) is 17.1. The molecule has 0 spiro atoms. The molecule has 0 radical (unpaired) electrons. The van der Waals surface area contributed by atoms with Crippen molar-refractivity contribution in [3.05, 3.63) is 0 Å². The Kier molecular flexibility index (Phi) is 8.46. The maximum atomic E-state index is 12.8. The number of hydrogen-bond acceptors (Lipinski definition) is 6. The first-order valence-corrected chi connectivity index (χ1v) is 11.0. The number of alkyl halides is 1. The second-order valence-corrected chi connectivity index (χ2v) is 8.94. The molecule has 6 N–H and O–H groups in total. The average molecular weight is 412 g/mol. The Morgan fingerprint density at radius 3 is 2.62 bits per heavy atom. The summed E-state index contributed by atoms with van der Waals surface area (Å²) in [6.45, 7) is 4.77. The lowest BCUT2D eigenvalue weighted by Gasteiger charge is -2.44. The molecule has 0 aromatic carbocycles. The van der Waals surface area contributed by atoms with Crippen molar-refractivity contribution in [3.8, 4) is 0 Å². The number of hydrogen-bond donors (Lipinski definition) is 5. The Morgan fingerprint density at radius 1 is 1.35 bits per heavy atom. The lowest BCUT2D eigenvalue weighted by atomic mass is 9.89. The third-order valence-corrected chi connectivity index (χ3v) is 6.65. The van der Waals surface area contributed by atoms with Gasteiger partial charge in [0, 0.05) is 6.42 Å². The predicted octanol–water partition coefficient (Wildman–Crippen LogP) is -0.979. The second kappa shape index (κ2) is 9.91. The van der Waals surface area contributed by atoms with Crippen molar-refractivity contribution in [2.75, 3.05) is 12.8 Å². The summed E-state index contributed by atoms with van der Waals surface area (Å²) in [6.07, 6.45) is -0.0617. The Bertz CT molecular complexity index is 470. The van der Waals surface area contributed by atoms with Crippen LogP contribution in [-0.2, 0) is 9.53 Å². The molecule has 9 atom stereocenters. The third kappa shape index (κ3) is 5.04. The van der Waals surface area contributed by atoms with Crippen molar-refractivity contribution in [2.45, 2.75) is 80.4 Å². The number of nitrogens with two attached hydrogens (primary N) is 1. The number of halogens is 1. The van der Waals surface area contributed by atoms with Gasteiger partial charge in [0.1, 0.15) is 29.9 Å². The van der Waals surface area contributed by atoms with Crippen molar-refractivity contribution >= 4 is 29.3 Å². The van der Waals surface area contributed by atoms with Crippen molar-refractivity contribution < 1.29 is 30.2 Å². The van der Waals surface area contributed by atoms with E-state index in [0.29, 0.717) is 5.92 Å². The smallest absolute Gasteiger partial charge is 0.278 e. The summed E-state index contributed by atoms with van der Waals surface area (Å²) >= 11 is 7.53. The molecule has 0 saturated carbocycles. The molecule has 0 aromatic heterocycles. The van der Waals surface area contributed by atoms with Gasteiger partial charge in [-0.3, -0.25) is 4.79 Å². The van der Waals surface area contributed by atoms with E-state index in [9.17, 15) is 20.1 Å². The summed E-state index contributed by atoms with van der Waals surface area (Å²) in [6, 6.07) is -0.856. The molecule has 152 valence electrons. The monoisotopic (exact) mass is 411 g/mol. The molecule has 2 aliphatic rings. The van der Waals surface area contributed by atoms with E-state index in [-0.39, 0.29) is 11.9 Å². The van der Waals surface area contributed by atoms with E-state index in [1.165, 1.54) is 11.8 Å². The Morgan fingerprint density at radius 2 is 2.04 bits per heavy atom. The maximum Gasteiger partial charge on any atom is 0.278 e. The molecule has 1 amide bonds. The molecule has 2 heterocycles. The number of ether oxygens (including phenoxy) is 1. The van der Waals surface area contributed by atoms with Crippen LogP contribution in [0.3, 0.4) is 0 Å². The quantitative estimate of drug-likeness (QED) is 0.359. The van der Waals surface area contributed by atoms with Crippen LogP contribution in [0.1, 0.15) is 33.1 Å². The number of rotatable bonds is 6. The average Bonchev–Trinajstić information content (AvgIpc) is 2.64.